The van der Waals surface area contributed by atoms with Crippen molar-refractivity contribution in [2.75, 3.05) is 0 Å². The van der Waals surface area contributed by atoms with E-state index in [9.17, 15) is 19.5 Å². The zero-order valence-corrected chi connectivity index (χ0v) is 9.95. The third-order valence-electron chi connectivity index (χ3n) is 2.44. The van der Waals surface area contributed by atoms with Crippen LogP contribution in [0.15, 0.2) is 24.3 Å². The summed E-state index contributed by atoms with van der Waals surface area (Å²) in [5, 5.41) is 18.4. The fourth-order valence-electron chi connectivity index (χ4n) is 1.49. The van der Waals surface area contributed by atoms with Crippen LogP contribution in [-0.2, 0) is 9.59 Å². The van der Waals surface area contributed by atoms with E-state index < -0.39 is 23.8 Å². The number of aliphatic carboxylic acids is 1. The van der Waals surface area contributed by atoms with Crippen molar-refractivity contribution >= 4 is 17.8 Å². The molecule has 2 amide bonds. The first kappa shape index (κ1) is 13.7. The number of carbonyl (C=O) groups is 3. The highest BCUT2D eigenvalue weighted by Gasteiger charge is 2.30. The number of imide groups is 1. The van der Waals surface area contributed by atoms with Gasteiger partial charge in [0.1, 0.15) is 11.8 Å². The number of aromatic hydroxyl groups is 1. The van der Waals surface area contributed by atoms with E-state index in [4.69, 9.17) is 5.11 Å². The first-order chi connectivity index (χ1) is 8.36. The van der Waals surface area contributed by atoms with Crippen LogP contribution >= 0.6 is 0 Å². The van der Waals surface area contributed by atoms with Crippen molar-refractivity contribution in [3.63, 3.8) is 0 Å². The van der Waals surface area contributed by atoms with Gasteiger partial charge in [-0.25, -0.2) is 4.79 Å². The third-order valence-corrected chi connectivity index (χ3v) is 2.44. The smallest absolute Gasteiger partial charge is 0.326 e. The van der Waals surface area contributed by atoms with Gasteiger partial charge in [-0.1, -0.05) is 12.1 Å². The molecule has 0 spiro atoms. The van der Waals surface area contributed by atoms with Gasteiger partial charge in [-0.15, -0.1) is 0 Å². The summed E-state index contributed by atoms with van der Waals surface area (Å²) in [4.78, 5) is 34.9. The Hall–Kier alpha value is -2.37. The summed E-state index contributed by atoms with van der Waals surface area (Å²) in [6, 6.07) is 4.34. The second-order valence-electron chi connectivity index (χ2n) is 3.73. The number of phenolic OH excluding ortho intramolecular Hbond substituents is 1. The van der Waals surface area contributed by atoms with E-state index in [0.29, 0.717) is 4.90 Å². The van der Waals surface area contributed by atoms with Crippen LogP contribution in [0.2, 0.25) is 0 Å². The van der Waals surface area contributed by atoms with E-state index in [1.807, 2.05) is 0 Å². The minimum Gasteiger partial charge on any atom is -0.507 e. The van der Waals surface area contributed by atoms with Gasteiger partial charge in [0.05, 0.1) is 5.56 Å². The van der Waals surface area contributed by atoms with Gasteiger partial charge >= 0.3 is 5.97 Å². The number of hydrogen-bond acceptors (Lipinski definition) is 4. The summed E-state index contributed by atoms with van der Waals surface area (Å²) >= 11 is 0. The first-order valence-electron chi connectivity index (χ1n) is 5.21. The molecule has 0 aromatic heterocycles. The molecule has 1 rings (SSSR count). The second kappa shape index (κ2) is 5.31. The standard InChI is InChI=1S/C12H13NO5/c1-7(12(17)18)13(8(2)14)11(16)9-5-3-4-6-10(9)15/h3-7,15H,1-2H3,(H,17,18). The quantitative estimate of drug-likeness (QED) is 0.830. The molecular formula is C12H13NO5. The molecule has 0 fully saturated rings. The lowest BCUT2D eigenvalue weighted by Crippen LogP contribution is -2.46. The van der Waals surface area contributed by atoms with E-state index in [0.717, 1.165) is 6.92 Å². The predicted octanol–water partition coefficient (Wildman–Crippen LogP) is 0.854. The van der Waals surface area contributed by atoms with Gasteiger partial charge in [-0.2, -0.15) is 0 Å². The number of hydrogen-bond donors (Lipinski definition) is 2. The molecule has 0 saturated heterocycles. The van der Waals surface area contributed by atoms with Crippen molar-refractivity contribution in [1.82, 2.24) is 4.90 Å². The van der Waals surface area contributed by atoms with Crippen LogP contribution in [0.3, 0.4) is 0 Å². The zero-order valence-electron chi connectivity index (χ0n) is 9.95. The predicted molar refractivity (Wildman–Crippen MR) is 62.1 cm³/mol. The lowest BCUT2D eigenvalue weighted by molar-refractivity contribution is -0.146. The maximum Gasteiger partial charge on any atom is 0.326 e. The van der Waals surface area contributed by atoms with Crippen molar-refractivity contribution in [2.45, 2.75) is 19.9 Å². The molecule has 6 heteroatoms. The molecule has 1 atom stereocenters. The Morgan fingerprint density at radius 3 is 2.22 bits per heavy atom. The summed E-state index contributed by atoms with van der Waals surface area (Å²) in [6.07, 6.45) is 0. The molecule has 1 unspecified atom stereocenters. The van der Waals surface area contributed by atoms with Gasteiger partial charge in [-0.3, -0.25) is 14.5 Å². The molecule has 1 aromatic carbocycles. The number of rotatable bonds is 3. The topological polar surface area (TPSA) is 94.9 Å². The molecule has 0 aliphatic carbocycles. The molecule has 0 aliphatic heterocycles. The van der Waals surface area contributed by atoms with Crippen molar-refractivity contribution < 1.29 is 24.6 Å². The van der Waals surface area contributed by atoms with Gasteiger partial charge < -0.3 is 10.2 Å². The molecule has 0 aliphatic rings. The van der Waals surface area contributed by atoms with Crippen LogP contribution in [0.1, 0.15) is 24.2 Å². The highest BCUT2D eigenvalue weighted by molar-refractivity contribution is 6.07. The summed E-state index contributed by atoms with van der Waals surface area (Å²) in [5.74, 6) is -3.13. The zero-order chi connectivity index (χ0) is 13.9. The maximum atomic E-state index is 12.0. The number of carboxylic acids is 1. The fraction of sp³-hybridized carbons (Fsp3) is 0.250. The molecule has 2 N–H and O–H groups in total. The first-order valence-corrected chi connectivity index (χ1v) is 5.21. The number of amides is 2. The molecule has 6 nitrogen and oxygen atoms in total. The molecule has 0 heterocycles. The lowest BCUT2D eigenvalue weighted by atomic mass is 10.1. The SMILES string of the molecule is CC(=O)N(C(=O)c1ccccc1O)C(C)C(=O)O. The van der Waals surface area contributed by atoms with E-state index in [1.165, 1.54) is 31.2 Å². The van der Waals surface area contributed by atoms with Gasteiger partial charge in [0.2, 0.25) is 5.91 Å². The van der Waals surface area contributed by atoms with Crippen molar-refractivity contribution in [3.05, 3.63) is 29.8 Å². The Bertz CT molecular complexity index is 497. The molecule has 96 valence electrons. The number of phenols is 1. The summed E-state index contributed by atoms with van der Waals surface area (Å²) in [6.45, 7) is 2.32. The number of nitrogens with zero attached hydrogens (tertiary/aromatic N) is 1. The van der Waals surface area contributed by atoms with Crippen LogP contribution < -0.4 is 0 Å². The molecule has 18 heavy (non-hydrogen) atoms. The van der Waals surface area contributed by atoms with Gasteiger partial charge in [0, 0.05) is 6.92 Å². The molecular weight excluding hydrogens is 238 g/mol. The summed E-state index contributed by atoms with van der Waals surface area (Å²) in [5.41, 5.74) is -0.110. The number of para-hydroxylation sites is 1. The van der Waals surface area contributed by atoms with Crippen molar-refractivity contribution in [3.8, 4) is 5.75 Å². The molecule has 1 aromatic rings. The van der Waals surface area contributed by atoms with Crippen LogP contribution in [0, 0.1) is 0 Å². The lowest BCUT2D eigenvalue weighted by Gasteiger charge is -2.23. The largest absolute Gasteiger partial charge is 0.507 e. The number of carboxylic acid groups (broad SMARTS) is 1. The Morgan fingerprint density at radius 2 is 1.78 bits per heavy atom. The highest BCUT2D eigenvalue weighted by Crippen LogP contribution is 2.19. The van der Waals surface area contributed by atoms with E-state index >= 15 is 0 Å². The van der Waals surface area contributed by atoms with E-state index in [1.54, 1.807) is 0 Å². The van der Waals surface area contributed by atoms with Crippen LogP contribution in [0.4, 0.5) is 0 Å². The third kappa shape index (κ3) is 2.65. The van der Waals surface area contributed by atoms with Crippen molar-refractivity contribution in [1.29, 1.82) is 0 Å². The van der Waals surface area contributed by atoms with Gasteiger partial charge in [0.15, 0.2) is 0 Å². The average molecular weight is 251 g/mol. The van der Waals surface area contributed by atoms with Crippen molar-refractivity contribution in [2.24, 2.45) is 0 Å². The normalized spacial score (nSPS) is 11.7. The maximum absolute atomic E-state index is 12.0. The Morgan fingerprint density at radius 1 is 1.22 bits per heavy atom. The Balaban J connectivity index is 3.16. The monoisotopic (exact) mass is 251 g/mol. The Labute approximate surface area is 103 Å². The molecule has 0 radical (unpaired) electrons. The van der Waals surface area contributed by atoms with E-state index in [-0.39, 0.29) is 11.3 Å². The highest BCUT2D eigenvalue weighted by atomic mass is 16.4. The molecule has 0 saturated carbocycles. The summed E-state index contributed by atoms with van der Waals surface area (Å²) < 4.78 is 0. The summed E-state index contributed by atoms with van der Waals surface area (Å²) in [7, 11) is 0. The van der Waals surface area contributed by atoms with E-state index in [2.05, 4.69) is 0 Å². The Kier molecular flexibility index (Phi) is 4.04. The van der Waals surface area contributed by atoms with Gasteiger partial charge in [0.25, 0.3) is 5.91 Å². The van der Waals surface area contributed by atoms with Crippen LogP contribution in [0.5, 0.6) is 5.75 Å². The van der Waals surface area contributed by atoms with Crippen LogP contribution in [-0.4, -0.2) is 38.9 Å². The van der Waals surface area contributed by atoms with Crippen LogP contribution in [0.25, 0.3) is 0 Å². The number of benzene rings is 1. The second-order valence-corrected chi connectivity index (χ2v) is 3.73. The minimum atomic E-state index is -1.30. The average Bonchev–Trinajstić information content (AvgIpc) is 2.28. The van der Waals surface area contributed by atoms with Gasteiger partial charge in [-0.05, 0) is 19.1 Å². The molecule has 0 bridgehead atoms. The number of carbonyl (C=O) groups excluding carboxylic acids is 2. The fourth-order valence-corrected chi connectivity index (χ4v) is 1.49. The minimum absolute atomic E-state index is 0.110.